The summed E-state index contributed by atoms with van der Waals surface area (Å²) in [5, 5.41) is 47.9. The van der Waals surface area contributed by atoms with E-state index >= 15 is 4.79 Å². The van der Waals surface area contributed by atoms with Gasteiger partial charge < -0.3 is 40.4 Å². The number of carbonyl (C=O) groups excluding carboxylic acids is 2. The summed E-state index contributed by atoms with van der Waals surface area (Å²) >= 11 is 0. The fourth-order valence-corrected chi connectivity index (χ4v) is 10.8. The molecule has 9 rings (SSSR count). The number of rotatable bonds is 9. The number of aryl methyl sites for hydroxylation is 3. The highest BCUT2D eigenvalue weighted by Gasteiger charge is 2.41. The van der Waals surface area contributed by atoms with E-state index < -0.39 is 11.8 Å². The molecule has 5 aromatic rings. The number of carbonyl (C=O) groups is 2. The second kappa shape index (κ2) is 19.5. The number of aliphatic hydroxyl groups excluding tert-OH is 2. The maximum Gasteiger partial charge on any atom is 0.161 e. The first-order chi connectivity index (χ1) is 31.3. The van der Waals surface area contributed by atoms with E-state index in [-0.39, 0.29) is 73.6 Å². The van der Waals surface area contributed by atoms with Crippen LogP contribution in [0.25, 0.3) is 17.5 Å². The Kier molecular flexibility index (Phi) is 13.2. The Bertz CT molecular complexity index is 2540. The monoisotopic (exact) mass is 861 g/mol. The summed E-state index contributed by atoms with van der Waals surface area (Å²) in [5.74, 6) is -0.913. The van der Waals surface area contributed by atoms with Crippen LogP contribution in [-0.2, 0) is 41.7 Å². The van der Waals surface area contributed by atoms with Crippen LogP contribution in [0.4, 0.5) is 5.82 Å². The Morgan fingerprint density at radius 2 is 1.69 bits per heavy atom. The molecular weight excluding hydrogens is 803 g/mol. The van der Waals surface area contributed by atoms with Crippen molar-refractivity contribution >= 4 is 29.5 Å². The van der Waals surface area contributed by atoms with E-state index in [1.165, 1.54) is 0 Å². The molecule has 10 heteroatoms. The van der Waals surface area contributed by atoms with Crippen LogP contribution < -0.4 is 9.72 Å². The number of phenolic OH excluding ortho intramolecular Hbond substituents is 2. The molecular formula is C54H59N3O7-2. The normalized spacial score (nSPS) is 21.6. The van der Waals surface area contributed by atoms with Gasteiger partial charge >= 0.3 is 0 Å². The lowest BCUT2D eigenvalue weighted by Gasteiger charge is -2.38. The van der Waals surface area contributed by atoms with Crippen LogP contribution in [0, 0.1) is 17.8 Å². The molecule has 3 heterocycles. The number of H-pyrrole nitrogens is 1. The van der Waals surface area contributed by atoms with Gasteiger partial charge in [-0.05, 0) is 141 Å². The number of hydrogen-bond donors (Lipinski definition) is 5. The van der Waals surface area contributed by atoms with Gasteiger partial charge in [-0.25, -0.2) is 0 Å². The Morgan fingerprint density at radius 1 is 0.828 bits per heavy atom. The highest BCUT2D eigenvalue weighted by Crippen LogP contribution is 2.47. The molecule has 0 amide bonds. The molecule has 64 heavy (non-hydrogen) atoms. The fourth-order valence-electron chi connectivity index (χ4n) is 10.8. The number of phenols is 2. The number of hydrogen-bond acceptors (Lipinski definition) is 7. The topological polar surface area (TPSA) is 168 Å². The standard InChI is InChI=1S/C54H59N3O7/c58-23-4-6-36-14-11-34-25-39(36)30-38-18-21-56-54(38)57-32-41-31-47-44(19-22-55-47)46(28-33-10-15-37-5-3-9-48(60)43(37)16-12-33)51(41)53(63)45(20-24-59)49(61)17-13-35-27-40(26-34)52(62)50(29-35)64-42-7-1-2-8-42/h3,5,9,11-12,14,16,18-19,21-22,25,27,29,31,33,42,45-46,51,56,58-60,62H,1-2,4,6-8,10,13,15,17,20,23-24,26,28,30,32H2/q-2/t33-,45+,46-,51+/m1/s1. The molecule has 4 bridgehead atoms. The van der Waals surface area contributed by atoms with Crippen LogP contribution in [0.3, 0.4) is 0 Å². The van der Waals surface area contributed by atoms with Crippen LogP contribution >= 0.6 is 0 Å². The number of Topliss-reactive ketones (excluding diaryl/α,β-unsaturated/α-hetero) is 2. The van der Waals surface area contributed by atoms with E-state index in [0.717, 1.165) is 94.3 Å². The molecule has 0 radical (unpaired) electrons. The molecule has 334 valence electrons. The Labute approximate surface area is 375 Å². The molecule has 1 aliphatic heterocycles. The van der Waals surface area contributed by atoms with Crippen molar-refractivity contribution in [1.82, 2.24) is 9.97 Å². The molecule has 0 spiro atoms. The van der Waals surface area contributed by atoms with E-state index in [0.29, 0.717) is 55.7 Å². The lowest BCUT2D eigenvalue weighted by atomic mass is 9.67. The highest BCUT2D eigenvalue weighted by atomic mass is 16.5. The molecule has 5 N–H and O–H groups in total. The summed E-state index contributed by atoms with van der Waals surface area (Å²) < 4.78 is 6.46. The number of allylic oxidation sites excluding steroid dienone is 1. The van der Waals surface area contributed by atoms with E-state index in [4.69, 9.17) is 15.0 Å². The van der Waals surface area contributed by atoms with Gasteiger partial charge in [-0.1, -0.05) is 89.9 Å². The number of nitrogens with one attached hydrogen (secondary N) is 1. The van der Waals surface area contributed by atoms with Crippen molar-refractivity contribution in [2.75, 3.05) is 19.8 Å². The molecule has 3 aromatic carbocycles. The number of ether oxygens (including phenoxy) is 1. The zero-order valence-electron chi connectivity index (χ0n) is 36.5. The van der Waals surface area contributed by atoms with Crippen molar-refractivity contribution in [3.05, 3.63) is 146 Å². The third kappa shape index (κ3) is 9.35. The van der Waals surface area contributed by atoms with Crippen LogP contribution in [0.2, 0.25) is 0 Å². The molecule has 2 aromatic heterocycles. The van der Waals surface area contributed by atoms with Gasteiger partial charge in [0, 0.05) is 43.1 Å². The van der Waals surface area contributed by atoms with Crippen molar-refractivity contribution < 1.29 is 34.8 Å². The zero-order valence-corrected chi connectivity index (χ0v) is 36.5. The lowest BCUT2D eigenvalue weighted by Crippen LogP contribution is -2.37. The van der Waals surface area contributed by atoms with Crippen LogP contribution in [0.1, 0.15) is 119 Å². The van der Waals surface area contributed by atoms with Crippen molar-refractivity contribution in [2.24, 2.45) is 17.8 Å². The summed E-state index contributed by atoms with van der Waals surface area (Å²) in [4.78, 5) is 38.1. The minimum atomic E-state index is -1.04. The van der Waals surface area contributed by atoms with E-state index in [1.807, 2.05) is 48.7 Å². The van der Waals surface area contributed by atoms with Gasteiger partial charge in [0.25, 0.3) is 0 Å². The molecule has 0 unspecified atom stereocenters. The minimum Gasteiger partial charge on any atom is -0.664 e. The predicted octanol–water partition coefficient (Wildman–Crippen LogP) is 9.36. The maximum absolute atomic E-state index is 15.4. The number of nitrogens with zero attached hydrogens (tertiary/aromatic N) is 2. The van der Waals surface area contributed by atoms with Crippen LogP contribution in [0.5, 0.6) is 17.2 Å². The van der Waals surface area contributed by atoms with Gasteiger partial charge in [-0.2, -0.15) is 6.20 Å². The molecule has 1 fully saturated rings. The number of fused-ring (bicyclic) bond motifs is 8. The Balaban J connectivity index is 1.11. The van der Waals surface area contributed by atoms with Gasteiger partial charge in [0.05, 0.1) is 12.0 Å². The largest absolute Gasteiger partial charge is 0.664 e. The number of aromatic nitrogens is 2. The first-order valence-electron chi connectivity index (χ1n) is 23.3. The van der Waals surface area contributed by atoms with Crippen molar-refractivity contribution in [2.45, 2.75) is 102 Å². The van der Waals surface area contributed by atoms with E-state index in [9.17, 15) is 25.2 Å². The number of benzene rings is 3. The van der Waals surface area contributed by atoms with Gasteiger partial charge in [-0.15, -0.1) is 5.69 Å². The highest BCUT2D eigenvalue weighted by molar-refractivity contribution is 6.05. The van der Waals surface area contributed by atoms with Gasteiger partial charge in [0.15, 0.2) is 17.3 Å². The van der Waals surface area contributed by atoms with Crippen LogP contribution in [-0.4, -0.2) is 62.8 Å². The summed E-state index contributed by atoms with van der Waals surface area (Å²) in [6.07, 6.45) is 18.8. The zero-order chi connectivity index (χ0) is 44.2. The average molecular weight is 862 g/mol. The van der Waals surface area contributed by atoms with Crippen LogP contribution in [0.15, 0.2) is 84.7 Å². The first kappa shape index (κ1) is 43.4. The molecule has 4 atom stereocenters. The smallest absolute Gasteiger partial charge is 0.161 e. The van der Waals surface area contributed by atoms with Gasteiger partial charge in [-0.3, -0.25) is 9.59 Å². The summed E-state index contributed by atoms with van der Waals surface area (Å²) in [5.41, 5.74) is 10.3. The van der Waals surface area contributed by atoms with Gasteiger partial charge in [0.2, 0.25) is 0 Å². The number of ketones is 2. The quantitative estimate of drug-likeness (QED) is 0.0914. The summed E-state index contributed by atoms with van der Waals surface area (Å²) in [6.45, 7) is -0.0201. The van der Waals surface area contributed by atoms with Gasteiger partial charge in [0.1, 0.15) is 11.5 Å². The third-order valence-electron chi connectivity index (χ3n) is 14.1. The number of aromatic hydroxyl groups is 2. The predicted molar refractivity (Wildman–Crippen MR) is 248 cm³/mol. The molecule has 0 saturated heterocycles. The second-order valence-corrected chi connectivity index (χ2v) is 18.3. The second-order valence-electron chi connectivity index (χ2n) is 18.3. The lowest BCUT2D eigenvalue weighted by molar-refractivity contribution is -0.135. The third-order valence-corrected chi connectivity index (χ3v) is 14.1. The fraction of sp³-hybridized carbons (Fsp3) is 0.407. The molecule has 10 nitrogen and oxygen atoms in total. The SMILES string of the molecule is O=C1CCc2cc(c(O)c(OC3CCCC3)c2)Cc2ccc(CCCO)c(c2)Cc2cc[nH]c2[N-]CC2=Cc3[n-]ccc3[C@@H](C[C@H]3C=Cc4c(O)cccc4CC3)[C@H]2C(=O)[C@H]1CCO. The Morgan fingerprint density at radius 3 is 2.53 bits per heavy atom. The molecule has 1 saturated carbocycles. The van der Waals surface area contributed by atoms with Crippen molar-refractivity contribution in [3.63, 3.8) is 0 Å². The molecule has 3 aliphatic carbocycles. The molecule has 4 aliphatic rings. The van der Waals surface area contributed by atoms with E-state index in [1.54, 1.807) is 12.3 Å². The average Bonchev–Trinajstić information content (AvgIpc) is 4.07. The number of aromatic amines is 1. The first-order valence-corrected chi connectivity index (χ1v) is 23.3. The maximum atomic E-state index is 15.4. The van der Waals surface area contributed by atoms with E-state index in [2.05, 4.69) is 35.3 Å². The van der Waals surface area contributed by atoms with Crippen molar-refractivity contribution in [1.29, 1.82) is 0 Å². The minimum absolute atomic E-state index is 0.00909. The Hall–Kier alpha value is -5.84. The number of aliphatic hydroxyl groups is 2. The summed E-state index contributed by atoms with van der Waals surface area (Å²) in [6, 6.07) is 19.9. The van der Waals surface area contributed by atoms with Crippen molar-refractivity contribution in [3.8, 4) is 17.2 Å². The summed E-state index contributed by atoms with van der Waals surface area (Å²) in [7, 11) is 0.